The van der Waals surface area contributed by atoms with Crippen molar-refractivity contribution in [3.8, 4) is 0 Å². The molecule has 0 aromatic heterocycles. The van der Waals surface area contributed by atoms with Crippen LogP contribution in [0.25, 0.3) is 0 Å². The Bertz CT molecular complexity index is 306. The Balaban J connectivity index is 1.57. The summed E-state index contributed by atoms with van der Waals surface area (Å²) in [6.45, 7) is 11.4. The Labute approximate surface area is 129 Å². The number of morpholine rings is 1. The van der Waals surface area contributed by atoms with Crippen LogP contribution in [0.3, 0.4) is 0 Å². The highest BCUT2D eigenvalue weighted by atomic mass is 16.5. The first-order valence-electron chi connectivity index (χ1n) is 8.73. The van der Waals surface area contributed by atoms with E-state index in [1.165, 1.54) is 32.2 Å². The Morgan fingerprint density at radius 1 is 1.14 bits per heavy atom. The SMILES string of the molecule is CC(C)CC(=O)N1CCC(CCCN2CCOCC2)CC1. The Morgan fingerprint density at radius 2 is 1.81 bits per heavy atom. The van der Waals surface area contributed by atoms with E-state index in [4.69, 9.17) is 4.74 Å². The van der Waals surface area contributed by atoms with Crippen molar-refractivity contribution in [1.29, 1.82) is 0 Å². The third-order valence-electron chi connectivity index (χ3n) is 4.74. The molecule has 0 aromatic carbocycles. The van der Waals surface area contributed by atoms with E-state index in [0.717, 1.165) is 45.3 Å². The van der Waals surface area contributed by atoms with Gasteiger partial charge in [-0.1, -0.05) is 13.8 Å². The maximum absolute atomic E-state index is 12.0. The van der Waals surface area contributed by atoms with Crippen molar-refractivity contribution >= 4 is 5.91 Å². The predicted molar refractivity (Wildman–Crippen MR) is 85.3 cm³/mol. The van der Waals surface area contributed by atoms with Crippen LogP contribution in [0.5, 0.6) is 0 Å². The molecule has 0 aromatic rings. The molecule has 0 radical (unpaired) electrons. The number of rotatable bonds is 6. The molecule has 0 unspecified atom stereocenters. The average molecular weight is 296 g/mol. The highest BCUT2D eigenvalue weighted by Gasteiger charge is 2.23. The summed E-state index contributed by atoms with van der Waals surface area (Å²) in [6, 6.07) is 0. The zero-order chi connectivity index (χ0) is 15.1. The molecule has 0 aliphatic carbocycles. The monoisotopic (exact) mass is 296 g/mol. The summed E-state index contributed by atoms with van der Waals surface area (Å²) in [5.41, 5.74) is 0. The molecule has 0 saturated carbocycles. The van der Waals surface area contributed by atoms with Crippen LogP contribution >= 0.6 is 0 Å². The van der Waals surface area contributed by atoms with Gasteiger partial charge >= 0.3 is 0 Å². The lowest BCUT2D eigenvalue weighted by Gasteiger charge is -2.33. The Kier molecular flexibility index (Phi) is 6.97. The van der Waals surface area contributed by atoms with Crippen LogP contribution in [-0.4, -0.2) is 61.6 Å². The number of carbonyl (C=O) groups excluding carboxylic acids is 1. The second-order valence-electron chi connectivity index (χ2n) is 7.02. The fraction of sp³-hybridized carbons (Fsp3) is 0.941. The summed E-state index contributed by atoms with van der Waals surface area (Å²) < 4.78 is 5.38. The van der Waals surface area contributed by atoms with Crippen molar-refractivity contribution in [2.45, 2.75) is 46.0 Å². The third-order valence-corrected chi connectivity index (χ3v) is 4.74. The minimum Gasteiger partial charge on any atom is -0.379 e. The highest BCUT2D eigenvalue weighted by molar-refractivity contribution is 5.76. The molecule has 0 N–H and O–H groups in total. The van der Waals surface area contributed by atoms with Gasteiger partial charge in [0, 0.05) is 32.6 Å². The lowest BCUT2D eigenvalue weighted by molar-refractivity contribution is -0.133. The van der Waals surface area contributed by atoms with Crippen LogP contribution in [0.1, 0.15) is 46.0 Å². The number of amides is 1. The molecule has 2 aliphatic heterocycles. The minimum absolute atomic E-state index is 0.358. The Morgan fingerprint density at radius 3 is 2.43 bits per heavy atom. The van der Waals surface area contributed by atoms with Crippen LogP contribution in [0, 0.1) is 11.8 Å². The normalized spacial score (nSPS) is 22.0. The number of nitrogens with zero attached hydrogens (tertiary/aromatic N) is 2. The second-order valence-corrected chi connectivity index (χ2v) is 7.02. The molecule has 4 nitrogen and oxygen atoms in total. The summed E-state index contributed by atoms with van der Waals surface area (Å²) in [7, 11) is 0. The second kappa shape index (κ2) is 8.74. The Hall–Kier alpha value is -0.610. The quantitative estimate of drug-likeness (QED) is 0.754. The molecule has 2 aliphatic rings. The highest BCUT2D eigenvalue weighted by Crippen LogP contribution is 2.23. The first-order valence-corrected chi connectivity index (χ1v) is 8.73. The van der Waals surface area contributed by atoms with E-state index < -0.39 is 0 Å². The van der Waals surface area contributed by atoms with Gasteiger partial charge in [0.2, 0.25) is 5.91 Å². The minimum atomic E-state index is 0.358. The van der Waals surface area contributed by atoms with Crippen LogP contribution < -0.4 is 0 Å². The smallest absolute Gasteiger partial charge is 0.222 e. The van der Waals surface area contributed by atoms with E-state index in [1.54, 1.807) is 0 Å². The zero-order valence-electron chi connectivity index (χ0n) is 13.9. The number of carbonyl (C=O) groups is 1. The summed E-state index contributed by atoms with van der Waals surface area (Å²) >= 11 is 0. The van der Waals surface area contributed by atoms with Crippen LogP contribution in [0.15, 0.2) is 0 Å². The molecule has 0 bridgehead atoms. The molecule has 2 saturated heterocycles. The number of hydrogen-bond donors (Lipinski definition) is 0. The molecule has 4 heteroatoms. The van der Waals surface area contributed by atoms with Gasteiger partial charge in [-0.2, -0.15) is 0 Å². The van der Waals surface area contributed by atoms with E-state index in [0.29, 0.717) is 18.2 Å². The summed E-state index contributed by atoms with van der Waals surface area (Å²) in [5.74, 6) is 1.66. The lowest BCUT2D eigenvalue weighted by atomic mass is 9.91. The van der Waals surface area contributed by atoms with E-state index in [2.05, 4.69) is 23.6 Å². The summed E-state index contributed by atoms with van der Waals surface area (Å²) in [4.78, 5) is 16.6. The first kappa shape index (κ1) is 16.8. The fourth-order valence-electron chi connectivity index (χ4n) is 3.38. The van der Waals surface area contributed by atoms with E-state index >= 15 is 0 Å². The van der Waals surface area contributed by atoms with E-state index in [1.807, 2.05) is 0 Å². The average Bonchev–Trinajstić information content (AvgIpc) is 2.48. The molecule has 1 amide bonds. The molecular formula is C17H32N2O2. The van der Waals surface area contributed by atoms with Gasteiger partial charge in [-0.15, -0.1) is 0 Å². The molecule has 21 heavy (non-hydrogen) atoms. The largest absolute Gasteiger partial charge is 0.379 e. The fourth-order valence-corrected chi connectivity index (χ4v) is 3.38. The molecule has 2 heterocycles. The molecular weight excluding hydrogens is 264 g/mol. The number of hydrogen-bond acceptors (Lipinski definition) is 3. The molecule has 2 rings (SSSR count). The van der Waals surface area contributed by atoms with Gasteiger partial charge in [0.1, 0.15) is 0 Å². The number of piperidine rings is 1. The third kappa shape index (κ3) is 5.95. The van der Waals surface area contributed by atoms with Crippen molar-refractivity contribution in [1.82, 2.24) is 9.80 Å². The van der Waals surface area contributed by atoms with Gasteiger partial charge < -0.3 is 9.64 Å². The number of likely N-dealkylation sites (tertiary alicyclic amines) is 1. The molecule has 0 spiro atoms. The van der Waals surface area contributed by atoms with Crippen LogP contribution in [0.4, 0.5) is 0 Å². The maximum Gasteiger partial charge on any atom is 0.222 e. The topological polar surface area (TPSA) is 32.8 Å². The van der Waals surface area contributed by atoms with Crippen LogP contribution in [-0.2, 0) is 9.53 Å². The predicted octanol–water partition coefficient (Wildman–Crippen LogP) is 2.38. The summed E-state index contributed by atoms with van der Waals surface area (Å²) in [5, 5.41) is 0. The van der Waals surface area contributed by atoms with Gasteiger partial charge in [-0.3, -0.25) is 9.69 Å². The molecule has 2 fully saturated rings. The maximum atomic E-state index is 12.0. The molecule has 0 atom stereocenters. The zero-order valence-corrected chi connectivity index (χ0v) is 13.9. The van der Waals surface area contributed by atoms with Crippen molar-refractivity contribution in [2.75, 3.05) is 45.9 Å². The van der Waals surface area contributed by atoms with Crippen molar-refractivity contribution in [2.24, 2.45) is 11.8 Å². The van der Waals surface area contributed by atoms with Crippen molar-refractivity contribution in [3.63, 3.8) is 0 Å². The van der Waals surface area contributed by atoms with Crippen LogP contribution in [0.2, 0.25) is 0 Å². The van der Waals surface area contributed by atoms with Gasteiger partial charge in [0.15, 0.2) is 0 Å². The standard InChI is InChI=1S/C17H32N2O2/c1-15(2)14-17(20)19-8-5-16(6-9-19)4-3-7-18-10-12-21-13-11-18/h15-16H,3-14H2,1-2H3. The lowest BCUT2D eigenvalue weighted by Crippen LogP contribution is -2.39. The van der Waals surface area contributed by atoms with Gasteiger partial charge in [0.05, 0.1) is 13.2 Å². The van der Waals surface area contributed by atoms with Gasteiger partial charge in [-0.25, -0.2) is 0 Å². The van der Waals surface area contributed by atoms with Gasteiger partial charge in [0.25, 0.3) is 0 Å². The first-order chi connectivity index (χ1) is 10.1. The van der Waals surface area contributed by atoms with E-state index in [9.17, 15) is 4.79 Å². The summed E-state index contributed by atoms with van der Waals surface area (Å²) in [6.07, 6.45) is 5.73. The van der Waals surface area contributed by atoms with Crippen molar-refractivity contribution < 1.29 is 9.53 Å². The van der Waals surface area contributed by atoms with Gasteiger partial charge in [-0.05, 0) is 44.1 Å². The van der Waals surface area contributed by atoms with Crippen molar-refractivity contribution in [3.05, 3.63) is 0 Å². The number of ether oxygens (including phenoxy) is 1. The molecule has 122 valence electrons. The van der Waals surface area contributed by atoms with E-state index in [-0.39, 0.29) is 0 Å².